The third-order valence-electron chi connectivity index (χ3n) is 5.08. The van der Waals surface area contributed by atoms with E-state index in [1.165, 1.54) is 18.9 Å². The molecule has 0 aliphatic carbocycles. The highest BCUT2D eigenvalue weighted by Crippen LogP contribution is 2.40. The largest absolute Gasteiger partial charge is 0.462 e. The van der Waals surface area contributed by atoms with E-state index in [4.69, 9.17) is 4.74 Å². The summed E-state index contributed by atoms with van der Waals surface area (Å²) in [5.41, 5.74) is 0.447. The van der Waals surface area contributed by atoms with Crippen LogP contribution in [0.1, 0.15) is 67.2 Å². The van der Waals surface area contributed by atoms with Crippen molar-refractivity contribution >= 4 is 5.97 Å². The minimum atomic E-state index is -0.318. The van der Waals surface area contributed by atoms with Crippen molar-refractivity contribution in [1.29, 1.82) is 0 Å². The van der Waals surface area contributed by atoms with Gasteiger partial charge in [-0.15, -0.1) is 0 Å². The average Bonchev–Trinajstić information content (AvgIpc) is 2.41. The maximum Gasteiger partial charge on any atom is 0.330 e. The molecule has 0 rings (SSSR count). The number of hydrogen-bond acceptors (Lipinski definition) is 2. The number of carbonyl (C=O) groups is 1. The van der Waals surface area contributed by atoms with Crippen molar-refractivity contribution in [2.45, 2.75) is 67.2 Å². The van der Waals surface area contributed by atoms with Crippen LogP contribution in [-0.2, 0) is 9.53 Å². The number of ether oxygens (including phenoxy) is 1. The van der Waals surface area contributed by atoms with Crippen molar-refractivity contribution in [2.75, 3.05) is 6.61 Å². The number of rotatable bonds is 9. The highest BCUT2D eigenvalue weighted by Gasteiger charge is 2.31. The quantitative estimate of drug-likeness (QED) is 0.435. The molecule has 0 spiro atoms. The lowest BCUT2D eigenvalue weighted by Crippen LogP contribution is -2.29. The molecule has 19 heavy (non-hydrogen) atoms. The second-order valence-corrected chi connectivity index (χ2v) is 6.64. The van der Waals surface area contributed by atoms with Gasteiger partial charge in [0.15, 0.2) is 0 Å². The molecule has 0 saturated carbocycles. The molecule has 2 heteroatoms. The molecule has 0 aliphatic rings. The predicted molar refractivity (Wildman–Crippen MR) is 82.0 cm³/mol. The highest BCUT2D eigenvalue weighted by atomic mass is 16.5. The maximum absolute atomic E-state index is 11.2. The molecule has 0 saturated heterocycles. The lowest BCUT2D eigenvalue weighted by molar-refractivity contribution is -0.141. The summed E-state index contributed by atoms with van der Waals surface area (Å²) in [6.07, 6.45) is 5.72. The van der Waals surface area contributed by atoms with Gasteiger partial charge in [-0.3, -0.25) is 0 Å². The van der Waals surface area contributed by atoms with E-state index >= 15 is 0 Å². The monoisotopic (exact) mass is 268 g/mol. The summed E-state index contributed by atoms with van der Waals surface area (Å²) in [5, 5.41) is 0. The third-order valence-corrected chi connectivity index (χ3v) is 5.08. The molecule has 0 fully saturated rings. The summed E-state index contributed by atoms with van der Waals surface area (Å²) in [7, 11) is 0. The van der Waals surface area contributed by atoms with Gasteiger partial charge in [0.2, 0.25) is 0 Å². The van der Waals surface area contributed by atoms with E-state index in [-0.39, 0.29) is 11.4 Å². The van der Waals surface area contributed by atoms with Gasteiger partial charge in [0.1, 0.15) is 0 Å². The molecule has 0 bridgehead atoms. The molecule has 0 amide bonds. The van der Waals surface area contributed by atoms with Gasteiger partial charge in [0.05, 0.1) is 6.61 Å². The van der Waals surface area contributed by atoms with Crippen LogP contribution in [0.2, 0.25) is 0 Å². The van der Waals surface area contributed by atoms with Crippen LogP contribution in [0.3, 0.4) is 0 Å². The Bertz CT molecular complexity index is 296. The van der Waals surface area contributed by atoms with Crippen LogP contribution in [-0.4, -0.2) is 12.6 Å². The van der Waals surface area contributed by atoms with E-state index in [2.05, 4.69) is 48.1 Å². The van der Waals surface area contributed by atoms with Crippen LogP contribution in [0.25, 0.3) is 0 Å². The van der Waals surface area contributed by atoms with E-state index in [0.717, 1.165) is 12.8 Å². The van der Waals surface area contributed by atoms with Gasteiger partial charge in [0.25, 0.3) is 0 Å². The molecular formula is C17H32O2. The molecule has 112 valence electrons. The molecule has 0 radical (unpaired) electrons. The molecular weight excluding hydrogens is 236 g/mol. The molecule has 2 nitrogen and oxygen atoms in total. The van der Waals surface area contributed by atoms with Crippen LogP contribution in [0.4, 0.5) is 0 Å². The second-order valence-electron chi connectivity index (χ2n) is 6.64. The summed E-state index contributed by atoms with van der Waals surface area (Å²) < 4.78 is 5.25. The molecule has 0 aromatic heterocycles. The van der Waals surface area contributed by atoms with Crippen molar-refractivity contribution in [3.63, 3.8) is 0 Å². The minimum Gasteiger partial charge on any atom is -0.462 e. The van der Waals surface area contributed by atoms with E-state index in [1.807, 2.05) is 0 Å². The van der Waals surface area contributed by atoms with Crippen molar-refractivity contribution in [2.24, 2.45) is 16.7 Å². The van der Waals surface area contributed by atoms with Crippen molar-refractivity contribution in [3.8, 4) is 0 Å². The van der Waals surface area contributed by atoms with E-state index in [1.54, 1.807) is 0 Å². The lowest BCUT2D eigenvalue weighted by Gasteiger charge is -2.37. The van der Waals surface area contributed by atoms with Gasteiger partial charge in [-0.05, 0) is 30.6 Å². The first-order valence-corrected chi connectivity index (χ1v) is 7.52. The Morgan fingerprint density at radius 1 is 1.21 bits per heavy atom. The first-order chi connectivity index (χ1) is 8.73. The summed E-state index contributed by atoms with van der Waals surface area (Å²) in [6, 6.07) is 0. The molecule has 0 aromatic rings. The number of carbonyl (C=O) groups excluding carboxylic acids is 1. The molecule has 2 atom stereocenters. The average molecular weight is 268 g/mol. The van der Waals surface area contributed by atoms with E-state index < -0.39 is 0 Å². The molecule has 0 aromatic carbocycles. The second kappa shape index (κ2) is 7.72. The first-order valence-electron chi connectivity index (χ1n) is 7.52. The fourth-order valence-electron chi connectivity index (χ4n) is 2.12. The Hall–Kier alpha value is -0.790. The van der Waals surface area contributed by atoms with Gasteiger partial charge < -0.3 is 4.74 Å². The predicted octanol–water partition coefficient (Wildman–Crippen LogP) is 4.98. The normalized spacial score (nSPS) is 17.6. The van der Waals surface area contributed by atoms with Crippen LogP contribution >= 0.6 is 0 Å². The zero-order chi connectivity index (χ0) is 15.1. The fourth-order valence-corrected chi connectivity index (χ4v) is 2.12. The van der Waals surface area contributed by atoms with Crippen molar-refractivity contribution in [3.05, 3.63) is 12.7 Å². The van der Waals surface area contributed by atoms with Crippen LogP contribution < -0.4 is 0 Å². The Morgan fingerprint density at radius 2 is 1.79 bits per heavy atom. The fraction of sp³-hybridized carbons (Fsp3) is 0.824. The van der Waals surface area contributed by atoms with Gasteiger partial charge in [-0.1, -0.05) is 54.5 Å². The summed E-state index contributed by atoms with van der Waals surface area (Å²) >= 11 is 0. The molecule has 0 heterocycles. The zero-order valence-corrected chi connectivity index (χ0v) is 13.7. The highest BCUT2D eigenvalue weighted by molar-refractivity contribution is 5.81. The standard InChI is InChI=1S/C17H32O2/c1-8-15(18)19-13-16(6,9-2)11-12-17(7,10-3)14(4)5/h8,14H,1,9-13H2,2-7H3. The third kappa shape index (κ3) is 5.80. The number of esters is 1. The number of hydrogen-bond donors (Lipinski definition) is 0. The topological polar surface area (TPSA) is 26.3 Å². The summed E-state index contributed by atoms with van der Waals surface area (Å²) in [5.74, 6) is 0.358. The van der Waals surface area contributed by atoms with Gasteiger partial charge in [-0.2, -0.15) is 0 Å². The van der Waals surface area contributed by atoms with E-state index in [0.29, 0.717) is 17.9 Å². The molecule has 0 N–H and O–H groups in total. The van der Waals surface area contributed by atoms with Gasteiger partial charge in [-0.25, -0.2) is 4.79 Å². The van der Waals surface area contributed by atoms with Crippen molar-refractivity contribution in [1.82, 2.24) is 0 Å². The SMILES string of the molecule is C=CC(=O)OCC(C)(CC)CCC(C)(CC)C(C)C. The Balaban J connectivity index is 4.53. The first kappa shape index (κ1) is 18.2. The van der Waals surface area contributed by atoms with Crippen molar-refractivity contribution < 1.29 is 9.53 Å². The zero-order valence-electron chi connectivity index (χ0n) is 13.7. The molecule has 2 unspecified atom stereocenters. The summed E-state index contributed by atoms with van der Waals surface area (Å²) in [6.45, 7) is 17.5. The maximum atomic E-state index is 11.2. The summed E-state index contributed by atoms with van der Waals surface area (Å²) in [4.78, 5) is 11.2. The lowest BCUT2D eigenvalue weighted by atomic mass is 9.69. The Morgan fingerprint density at radius 3 is 2.16 bits per heavy atom. The van der Waals surface area contributed by atoms with Crippen LogP contribution in [0.5, 0.6) is 0 Å². The smallest absolute Gasteiger partial charge is 0.330 e. The Labute approximate surface area is 119 Å². The van der Waals surface area contributed by atoms with Gasteiger partial charge >= 0.3 is 5.97 Å². The van der Waals surface area contributed by atoms with Gasteiger partial charge in [0, 0.05) is 11.5 Å². The molecule has 0 aliphatic heterocycles. The van der Waals surface area contributed by atoms with Crippen LogP contribution in [0.15, 0.2) is 12.7 Å². The Kier molecular flexibility index (Phi) is 7.39. The van der Waals surface area contributed by atoms with E-state index in [9.17, 15) is 4.79 Å². The minimum absolute atomic E-state index is 0.0734. The van der Waals surface area contributed by atoms with Crippen LogP contribution in [0, 0.1) is 16.7 Å².